The fourth-order valence-corrected chi connectivity index (χ4v) is 2.23. The molecule has 0 radical (unpaired) electrons. The van der Waals surface area contributed by atoms with E-state index in [1.54, 1.807) is 12.1 Å². The van der Waals surface area contributed by atoms with Gasteiger partial charge in [-0.2, -0.15) is 0 Å². The zero-order valence-corrected chi connectivity index (χ0v) is 11.2. The summed E-state index contributed by atoms with van der Waals surface area (Å²) in [6.45, 7) is 1.09. The monoisotopic (exact) mass is 309 g/mol. The van der Waals surface area contributed by atoms with Gasteiger partial charge in [0.05, 0.1) is 0 Å². The van der Waals surface area contributed by atoms with E-state index in [9.17, 15) is 9.50 Å². The van der Waals surface area contributed by atoms with Crippen molar-refractivity contribution in [2.24, 2.45) is 0 Å². The minimum atomic E-state index is -0.260. The van der Waals surface area contributed by atoms with Gasteiger partial charge in [-0.3, -0.25) is 0 Å². The Hall–Kier alpha value is -1.39. The third-order valence-corrected chi connectivity index (χ3v) is 3.02. The van der Waals surface area contributed by atoms with E-state index in [1.807, 2.05) is 18.2 Å². The van der Waals surface area contributed by atoms with Gasteiger partial charge < -0.3 is 10.4 Å². The molecule has 2 aromatic carbocycles. The number of phenolic OH excluding ortho intramolecular Hbond substituents is 1. The van der Waals surface area contributed by atoms with E-state index in [0.717, 1.165) is 15.6 Å². The molecule has 2 aromatic rings. The molecule has 94 valence electrons. The number of aromatic hydroxyl groups is 1. The molecule has 0 saturated heterocycles. The van der Waals surface area contributed by atoms with Crippen LogP contribution in [0.25, 0.3) is 0 Å². The number of hydrogen-bond donors (Lipinski definition) is 2. The van der Waals surface area contributed by atoms with Crippen molar-refractivity contribution in [2.75, 3.05) is 0 Å². The second-order valence-corrected chi connectivity index (χ2v) is 4.93. The van der Waals surface area contributed by atoms with E-state index in [1.165, 1.54) is 12.1 Å². The molecule has 0 aliphatic rings. The van der Waals surface area contributed by atoms with Crippen LogP contribution in [-0.4, -0.2) is 5.11 Å². The molecule has 2 N–H and O–H groups in total. The number of halogens is 2. The van der Waals surface area contributed by atoms with Gasteiger partial charge in [0.25, 0.3) is 0 Å². The van der Waals surface area contributed by atoms with Crippen molar-refractivity contribution in [3.8, 4) is 5.75 Å². The smallest absolute Gasteiger partial charge is 0.124 e. The first kappa shape index (κ1) is 13.1. The average molecular weight is 310 g/mol. The number of para-hydroxylation sites is 1. The third kappa shape index (κ3) is 3.55. The number of phenols is 1. The molecule has 0 unspecified atom stereocenters. The van der Waals surface area contributed by atoms with Gasteiger partial charge in [0.1, 0.15) is 11.6 Å². The summed E-state index contributed by atoms with van der Waals surface area (Å²) in [6, 6.07) is 11.9. The summed E-state index contributed by atoms with van der Waals surface area (Å²) in [5.41, 5.74) is 1.69. The Kier molecular flexibility index (Phi) is 4.33. The quantitative estimate of drug-likeness (QED) is 0.904. The minimum absolute atomic E-state index is 0.260. The molecule has 2 rings (SSSR count). The summed E-state index contributed by atoms with van der Waals surface area (Å²) >= 11 is 3.25. The maximum absolute atomic E-state index is 13.1. The van der Waals surface area contributed by atoms with Crippen molar-refractivity contribution >= 4 is 15.9 Å². The summed E-state index contributed by atoms with van der Waals surface area (Å²) in [4.78, 5) is 0. The average Bonchev–Trinajstić information content (AvgIpc) is 2.30. The molecule has 0 amide bonds. The first-order valence-electron chi connectivity index (χ1n) is 5.58. The van der Waals surface area contributed by atoms with Crippen molar-refractivity contribution in [1.29, 1.82) is 0 Å². The van der Waals surface area contributed by atoms with Gasteiger partial charge in [-0.15, -0.1) is 0 Å². The van der Waals surface area contributed by atoms with Crippen molar-refractivity contribution in [2.45, 2.75) is 13.1 Å². The first-order chi connectivity index (χ1) is 8.65. The molecule has 0 heterocycles. The second kappa shape index (κ2) is 5.98. The number of rotatable bonds is 4. The molecule has 2 nitrogen and oxygen atoms in total. The van der Waals surface area contributed by atoms with Crippen LogP contribution in [0.2, 0.25) is 0 Å². The highest BCUT2D eigenvalue weighted by Gasteiger charge is 2.01. The lowest BCUT2D eigenvalue weighted by molar-refractivity contribution is 0.464. The summed E-state index contributed by atoms with van der Waals surface area (Å²) in [6.07, 6.45) is 0. The van der Waals surface area contributed by atoms with Crippen molar-refractivity contribution in [1.82, 2.24) is 5.32 Å². The van der Waals surface area contributed by atoms with E-state index in [-0.39, 0.29) is 11.6 Å². The van der Waals surface area contributed by atoms with Gasteiger partial charge in [0.2, 0.25) is 0 Å². The molecule has 0 aliphatic heterocycles. The summed E-state index contributed by atoms with van der Waals surface area (Å²) in [5, 5.41) is 12.8. The molecule has 0 atom stereocenters. The summed E-state index contributed by atoms with van der Waals surface area (Å²) < 4.78 is 13.9. The molecule has 4 heteroatoms. The molecule has 0 bridgehead atoms. The molecule has 0 fully saturated rings. The van der Waals surface area contributed by atoms with Crippen molar-refractivity contribution < 1.29 is 9.50 Å². The molecule has 0 spiro atoms. The maximum atomic E-state index is 13.1. The highest BCUT2D eigenvalue weighted by molar-refractivity contribution is 9.10. The number of nitrogens with one attached hydrogen (secondary N) is 1. The first-order valence-corrected chi connectivity index (χ1v) is 6.37. The molecular formula is C14H13BrFNO. The Morgan fingerprint density at radius 2 is 1.89 bits per heavy atom. The van der Waals surface area contributed by atoms with Gasteiger partial charge in [0.15, 0.2) is 0 Å². The van der Waals surface area contributed by atoms with E-state index in [2.05, 4.69) is 21.2 Å². The van der Waals surface area contributed by atoms with E-state index < -0.39 is 0 Å². The Balaban J connectivity index is 1.94. The fourth-order valence-electron chi connectivity index (χ4n) is 1.71. The van der Waals surface area contributed by atoms with Crippen LogP contribution in [0.15, 0.2) is 46.9 Å². The maximum Gasteiger partial charge on any atom is 0.124 e. The van der Waals surface area contributed by atoms with E-state index >= 15 is 0 Å². The lowest BCUT2D eigenvalue weighted by atomic mass is 10.2. The Morgan fingerprint density at radius 3 is 2.61 bits per heavy atom. The normalized spacial score (nSPS) is 10.6. The van der Waals surface area contributed by atoms with Crippen LogP contribution in [0.4, 0.5) is 4.39 Å². The van der Waals surface area contributed by atoms with Crippen LogP contribution in [0.1, 0.15) is 11.1 Å². The molecular weight excluding hydrogens is 297 g/mol. The number of benzene rings is 2. The van der Waals surface area contributed by atoms with Crippen LogP contribution in [-0.2, 0) is 13.1 Å². The van der Waals surface area contributed by atoms with E-state index in [0.29, 0.717) is 13.1 Å². The molecule has 18 heavy (non-hydrogen) atoms. The molecule has 0 aromatic heterocycles. The zero-order chi connectivity index (χ0) is 13.0. The van der Waals surface area contributed by atoms with Gasteiger partial charge in [-0.1, -0.05) is 34.1 Å². The van der Waals surface area contributed by atoms with Crippen LogP contribution in [0.5, 0.6) is 5.75 Å². The van der Waals surface area contributed by atoms with Crippen molar-refractivity contribution in [3.63, 3.8) is 0 Å². The van der Waals surface area contributed by atoms with Gasteiger partial charge >= 0.3 is 0 Å². The van der Waals surface area contributed by atoms with Crippen LogP contribution >= 0.6 is 15.9 Å². The van der Waals surface area contributed by atoms with Crippen LogP contribution < -0.4 is 5.32 Å². The van der Waals surface area contributed by atoms with Gasteiger partial charge in [0, 0.05) is 23.1 Å². The van der Waals surface area contributed by atoms with Gasteiger partial charge in [-0.25, -0.2) is 4.39 Å². The SMILES string of the molecule is Oc1ccccc1CNCc1cc(F)cc(Br)c1. The highest BCUT2D eigenvalue weighted by atomic mass is 79.9. The van der Waals surface area contributed by atoms with Crippen molar-refractivity contribution in [3.05, 3.63) is 63.9 Å². The number of hydrogen-bond acceptors (Lipinski definition) is 2. The van der Waals surface area contributed by atoms with Crippen LogP contribution in [0, 0.1) is 5.82 Å². The Labute approximate surface area is 114 Å². The Bertz CT molecular complexity index is 525. The van der Waals surface area contributed by atoms with E-state index in [4.69, 9.17) is 0 Å². The third-order valence-electron chi connectivity index (χ3n) is 2.56. The standard InChI is InChI=1S/C14H13BrFNO/c15-12-5-10(6-13(16)7-12)8-17-9-11-3-1-2-4-14(11)18/h1-7,17-18H,8-9H2. The lowest BCUT2D eigenvalue weighted by Crippen LogP contribution is -2.12. The predicted octanol–water partition coefficient (Wildman–Crippen LogP) is 3.58. The van der Waals surface area contributed by atoms with Gasteiger partial charge in [-0.05, 0) is 29.8 Å². The highest BCUT2D eigenvalue weighted by Crippen LogP contribution is 2.17. The molecule has 0 saturated carbocycles. The largest absolute Gasteiger partial charge is 0.508 e. The summed E-state index contributed by atoms with van der Waals surface area (Å²) in [7, 11) is 0. The summed E-state index contributed by atoms with van der Waals surface area (Å²) in [5.74, 6) is 0.00848. The van der Waals surface area contributed by atoms with Crippen LogP contribution in [0.3, 0.4) is 0 Å². The fraction of sp³-hybridized carbons (Fsp3) is 0.143. The predicted molar refractivity (Wildman–Crippen MR) is 72.8 cm³/mol. The Morgan fingerprint density at radius 1 is 1.11 bits per heavy atom. The topological polar surface area (TPSA) is 32.3 Å². The minimum Gasteiger partial charge on any atom is -0.508 e. The lowest BCUT2D eigenvalue weighted by Gasteiger charge is -2.07. The molecule has 0 aliphatic carbocycles. The second-order valence-electron chi connectivity index (χ2n) is 4.01. The zero-order valence-electron chi connectivity index (χ0n) is 9.66.